The van der Waals surface area contributed by atoms with E-state index in [0.29, 0.717) is 19.6 Å². The fourth-order valence-electron chi connectivity index (χ4n) is 2.17. The van der Waals surface area contributed by atoms with Crippen LogP contribution < -0.4 is 0 Å². The lowest BCUT2D eigenvalue weighted by molar-refractivity contribution is -0.169. The number of carbonyl (C=O) groups excluding carboxylic acids is 2. The minimum atomic E-state index is -0.0858. The van der Waals surface area contributed by atoms with E-state index in [1.165, 1.54) is 12.2 Å². The van der Waals surface area contributed by atoms with Gasteiger partial charge in [-0.05, 0) is 32.9 Å². The Morgan fingerprint density at radius 2 is 1.95 bits per heavy atom. The number of hydrogen-bond donors (Lipinski definition) is 0. The van der Waals surface area contributed by atoms with Gasteiger partial charge in [0.15, 0.2) is 0 Å². The number of likely N-dealkylation sites (tertiary alicyclic amines) is 1. The summed E-state index contributed by atoms with van der Waals surface area (Å²) >= 11 is 0. The Kier molecular flexibility index (Phi) is 6.80. The van der Waals surface area contributed by atoms with Crippen molar-refractivity contribution in [2.24, 2.45) is 5.92 Å². The molecule has 0 N–H and O–H groups in total. The third-order valence-corrected chi connectivity index (χ3v) is 3.47. The van der Waals surface area contributed by atoms with Crippen molar-refractivity contribution in [2.45, 2.75) is 26.2 Å². The number of esters is 1. The quantitative estimate of drug-likeness (QED) is 0.525. The molecule has 0 saturated carbocycles. The molecule has 6 heteroatoms. The Morgan fingerprint density at radius 3 is 2.47 bits per heavy atom. The SMILES string of the molecule is CCOC(=O)C1CCN(CCC(=O)N(C)OC)CC1. The van der Waals surface area contributed by atoms with Crippen LogP contribution in [-0.2, 0) is 19.2 Å². The highest BCUT2D eigenvalue weighted by Crippen LogP contribution is 2.18. The van der Waals surface area contributed by atoms with Crippen LogP contribution in [0, 0.1) is 5.92 Å². The smallest absolute Gasteiger partial charge is 0.309 e. The first-order valence-electron chi connectivity index (χ1n) is 6.78. The van der Waals surface area contributed by atoms with Crippen LogP contribution in [0.1, 0.15) is 26.2 Å². The van der Waals surface area contributed by atoms with Crippen molar-refractivity contribution in [3.05, 3.63) is 0 Å². The summed E-state index contributed by atoms with van der Waals surface area (Å²) in [6.45, 7) is 4.66. The Hall–Kier alpha value is -1.14. The molecule has 0 radical (unpaired) electrons. The van der Waals surface area contributed by atoms with E-state index in [4.69, 9.17) is 9.57 Å². The van der Waals surface area contributed by atoms with E-state index in [9.17, 15) is 9.59 Å². The molecule has 0 aliphatic carbocycles. The third kappa shape index (κ3) is 5.16. The monoisotopic (exact) mass is 272 g/mol. The highest BCUT2D eigenvalue weighted by atomic mass is 16.7. The number of hydroxylamine groups is 2. The van der Waals surface area contributed by atoms with Gasteiger partial charge in [-0.3, -0.25) is 14.4 Å². The third-order valence-electron chi connectivity index (χ3n) is 3.47. The Balaban J connectivity index is 2.23. The van der Waals surface area contributed by atoms with Gasteiger partial charge in [0.1, 0.15) is 0 Å². The molecule has 1 heterocycles. The van der Waals surface area contributed by atoms with Crippen LogP contribution in [0.4, 0.5) is 0 Å². The molecule has 0 aromatic carbocycles. The zero-order valence-electron chi connectivity index (χ0n) is 12.1. The van der Waals surface area contributed by atoms with Crippen LogP contribution in [-0.4, -0.2) is 62.2 Å². The summed E-state index contributed by atoms with van der Waals surface area (Å²) in [6.07, 6.45) is 2.06. The maximum absolute atomic E-state index is 11.6. The summed E-state index contributed by atoms with van der Waals surface area (Å²) in [7, 11) is 3.08. The van der Waals surface area contributed by atoms with Gasteiger partial charge in [0.2, 0.25) is 5.91 Å². The molecule has 1 fully saturated rings. The molecule has 1 amide bonds. The van der Waals surface area contributed by atoms with Crippen molar-refractivity contribution in [2.75, 3.05) is 40.4 Å². The summed E-state index contributed by atoms with van der Waals surface area (Å²) in [5.74, 6) is -0.0964. The van der Waals surface area contributed by atoms with E-state index in [1.54, 1.807) is 7.05 Å². The van der Waals surface area contributed by atoms with Crippen molar-refractivity contribution in [3.63, 3.8) is 0 Å². The molecular weight excluding hydrogens is 248 g/mol. The maximum Gasteiger partial charge on any atom is 0.309 e. The van der Waals surface area contributed by atoms with Gasteiger partial charge in [-0.2, -0.15) is 0 Å². The Labute approximate surface area is 114 Å². The van der Waals surface area contributed by atoms with Crippen LogP contribution in [0.25, 0.3) is 0 Å². The molecule has 6 nitrogen and oxygen atoms in total. The van der Waals surface area contributed by atoms with E-state index in [2.05, 4.69) is 4.90 Å². The fourth-order valence-corrected chi connectivity index (χ4v) is 2.17. The van der Waals surface area contributed by atoms with Gasteiger partial charge < -0.3 is 9.64 Å². The largest absolute Gasteiger partial charge is 0.466 e. The minimum Gasteiger partial charge on any atom is -0.466 e. The molecular formula is C13H24N2O4. The van der Waals surface area contributed by atoms with Gasteiger partial charge >= 0.3 is 5.97 Å². The van der Waals surface area contributed by atoms with E-state index < -0.39 is 0 Å². The van der Waals surface area contributed by atoms with Crippen molar-refractivity contribution in [3.8, 4) is 0 Å². The number of carbonyl (C=O) groups is 2. The van der Waals surface area contributed by atoms with Crippen LogP contribution in [0.3, 0.4) is 0 Å². The molecule has 1 aliphatic rings. The topological polar surface area (TPSA) is 59.1 Å². The zero-order valence-corrected chi connectivity index (χ0v) is 12.1. The standard InChI is InChI=1S/C13H24N2O4/c1-4-19-13(17)11-5-8-15(9-6-11)10-7-12(16)14(2)18-3/h11H,4-10H2,1-3H3. The van der Waals surface area contributed by atoms with Crippen molar-refractivity contribution in [1.82, 2.24) is 9.96 Å². The molecule has 0 aromatic heterocycles. The number of rotatable bonds is 6. The second-order valence-corrected chi connectivity index (χ2v) is 4.69. The summed E-state index contributed by atoms with van der Waals surface area (Å²) < 4.78 is 5.03. The molecule has 1 aliphatic heterocycles. The van der Waals surface area contributed by atoms with E-state index in [0.717, 1.165) is 25.9 Å². The van der Waals surface area contributed by atoms with Crippen molar-refractivity contribution in [1.29, 1.82) is 0 Å². The summed E-state index contributed by atoms with van der Waals surface area (Å²) in [5.41, 5.74) is 0. The zero-order chi connectivity index (χ0) is 14.3. The molecule has 19 heavy (non-hydrogen) atoms. The number of hydrogen-bond acceptors (Lipinski definition) is 5. The van der Waals surface area contributed by atoms with Gasteiger partial charge in [-0.1, -0.05) is 0 Å². The first-order chi connectivity index (χ1) is 9.08. The molecule has 0 bridgehead atoms. The lowest BCUT2D eigenvalue weighted by atomic mass is 9.97. The fraction of sp³-hybridized carbons (Fsp3) is 0.846. The molecule has 1 rings (SSSR count). The molecule has 0 spiro atoms. The summed E-state index contributed by atoms with van der Waals surface area (Å²) in [5, 5.41) is 1.24. The second-order valence-electron chi connectivity index (χ2n) is 4.69. The van der Waals surface area contributed by atoms with E-state index in [1.807, 2.05) is 6.92 Å². The first kappa shape index (κ1) is 15.9. The van der Waals surface area contributed by atoms with E-state index >= 15 is 0 Å². The molecule has 110 valence electrons. The molecule has 1 saturated heterocycles. The van der Waals surface area contributed by atoms with Crippen LogP contribution in [0.2, 0.25) is 0 Å². The highest BCUT2D eigenvalue weighted by Gasteiger charge is 2.26. The van der Waals surface area contributed by atoms with Crippen molar-refractivity contribution < 1.29 is 19.2 Å². The van der Waals surface area contributed by atoms with Gasteiger partial charge in [0.05, 0.1) is 19.6 Å². The van der Waals surface area contributed by atoms with Gasteiger partial charge in [-0.15, -0.1) is 0 Å². The van der Waals surface area contributed by atoms with Crippen molar-refractivity contribution >= 4 is 11.9 Å². The average molecular weight is 272 g/mol. The lowest BCUT2D eigenvalue weighted by Gasteiger charge is -2.30. The number of nitrogens with zero attached hydrogens (tertiary/aromatic N) is 2. The predicted molar refractivity (Wildman–Crippen MR) is 70.2 cm³/mol. The summed E-state index contributed by atoms with van der Waals surface area (Å²) in [6, 6.07) is 0. The minimum absolute atomic E-state index is 0.0218. The Bertz CT molecular complexity index is 301. The van der Waals surface area contributed by atoms with Crippen LogP contribution in [0.5, 0.6) is 0 Å². The maximum atomic E-state index is 11.6. The number of ether oxygens (including phenoxy) is 1. The highest BCUT2D eigenvalue weighted by molar-refractivity contribution is 5.75. The normalized spacial score (nSPS) is 17.2. The first-order valence-corrected chi connectivity index (χ1v) is 6.78. The average Bonchev–Trinajstić information content (AvgIpc) is 2.44. The van der Waals surface area contributed by atoms with Gasteiger partial charge in [0, 0.05) is 20.0 Å². The van der Waals surface area contributed by atoms with Gasteiger partial charge in [0.25, 0.3) is 0 Å². The second kappa shape index (κ2) is 8.12. The van der Waals surface area contributed by atoms with E-state index in [-0.39, 0.29) is 17.8 Å². The summed E-state index contributed by atoms with van der Waals surface area (Å²) in [4.78, 5) is 30.2. The number of piperidine rings is 1. The Morgan fingerprint density at radius 1 is 1.32 bits per heavy atom. The lowest BCUT2D eigenvalue weighted by Crippen LogP contribution is -2.39. The predicted octanol–water partition coefficient (Wildman–Crippen LogP) is 0.671. The van der Waals surface area contributed by atoms with Crippen LogP contribution in [0.15, 0.2) is 0 Å². The molecule has 0 unspecified atom stereocenters. The van der Waals surface area contributed by atoms with Gasteiger partial charge in [-0.25, -0.2) is 5.06 Å². The molecule has 0 atom stereocenters. The van der Waals surface area contributed by atoms with Crippen LogP contribution >= 0.6 is 0 Å². The molecule has 0 aromatic rings. The number of amides is 1.